The molecular weight excluding hydrogens is 422 g/mol. The minimum Gasteiger partial charge on any atom is -0.460 e. The van der Waals surface area contributed by atoms with Gasteiger partial charge in [-0.15, -0.1) is 0 Å². The average molecular weight is 445 g/mol. The van der Waals surface area contributed by atoms with Crippen molar-refractivity contribution in [2.75, 3.05) is 31.6 Å². The number of nitriles is 1. The predicted octanol–water partition coefficient (Wildman–Crippen LogP) is 2.39. The van der Waals surface area contributed by atoms with E-state index in [0.29, 0.717) is 24.1 Å². The summed E-state index contributed by atoms with van der Waals surface area (Å²) in [5, 5.41) is 8.71. The van der Waals surface area contributed by atoms with Crippen LogP contribution in [0.5, 0.6) is 0 Å². The van der Waals surface area contributed by atoms with Gasteiger partial charge in [0.05, 0.1) is 18.2 Å². The van der Waals surface area contributed by atoms with Gasteiger partial charge in [-0.1, -0.05) is 6.07 Å². The normalized spacial score (nSPS) is 15.3. The summed E-state index contributed by atoms with van der Waals surface area (Å²) in [7, 11) is -2.28. The van der Waals surface area contributed by atoms with Crippen molar-refractivity contribution in [3.8, 4) is 6.07 Å². The molecule has 0 unspecified atom stereocenters. The van der Waals surface area contributed by atoms with Crippen LogP contribution in [0.1, 0.15) is 35.9 Å². The fourth-order valence-electron chi connectivity index (χ4n) is 3.43. The van der Waals surface area contributed by atoms with E-state index in [4.69, 9.17) is 14.4 Å². The molecule has 1 amide bonds. The highest BCUT2D eigenvalue weighted by atomic mass is 32.2. The van der Waals surface area contributed by atoms with Gasteiger partial charge in [-0.3, -0.25) is 4.79 Å². The van der Waals surface area contributed by atoms with Crippen molar-refractivity contribution < 1.29 is 27.2 Å². The van der Waals surface area contributed by atoms with Gasteiger partial charge in [-0.25, -0.2) is 13.2 Å². The highest BCUT2D eigenvalue weighted by molar-refractivity contribution is 7.89. The van der Waals surface area contributed by atoms with Crippen molar-refractivity contribution in [1.82, 2.24) is 4.31 Å². The third-order valence-corrected chi connectivity index (χ3v) is 6.92. The lowest BCUT2D eigenvalue weighted by molar-refractivity contribution is -0.123. The third kappa shape index (κ3) is 4.78. The molecule has 1 aromatic carbocycles. The lowest BCUT2D eigenvalue weighted by Crippen LogP contribution is -2.43. The van der Waals surface area contributed by atoms with Gasteiger partial charge >= 0.3 is 5.97 Å². The third-order valence-electron chi connectivity index (χ3n) is 5.15. The van der Waals surface area contributed by atoms with Gasteiger partial charge in [0.2, 0.25) is 16.8 Å². The maximum atomic E-state index is 12.9. The van der Waals surface area contributed by atoms with E-state index in [-0.39, 0.29) is 42.4 Å². The van der Waals surface area contributed by atoms with Crippen molar-refractivity contribution in [1.29, 1.82) is 5.26 Å². The maximum absolute atomic E-state index is 12.9. The largest absolute Gasteiger partial charge is 0.460 e. The van der Waals surface area contributed by atoms with Crippen LogP contribution < -0.4 is 4.90 Å². The van der Waals surface area contributed by atoms with Crippen molar-refractivity contribution in [3.63, 3.8) is 0 Å². The molecule has 2 heterocycles. The summed E-state index contributed by atoms with van der Waals surface area (Å²) in [5.74, 6) is -1.37. The van der Waals surface area contributed by atoms with E-state index in [1.54, 1.807) is 38.2 Å². The molecule has 3 rings (SSSR count). The van der Waals surface area contributed by atoms with E-state index in [0.717, 1.165) is 0 Å². The minimum atomic E-state index is -3.92. The molecule has 0 radical (unpaired) electrons. The molecule has 9 nitrogen and oxygen atoms in total. The molecule has 1 fully saturated rings. The molecule has 0 N–H and O–H groups in total. The molecule has 0 bridgehead atoms. The zero-order valence-electron chi connectivity index (χ0n) is 17.3. The topological polar surface area (TPSA) is 121 Å². The molecule has 1 saturated heterocycles. The summed E-state index contributed by atoms with van der Waals surface area (Å²) in [5.41, 5.74) is 1.07. The Labute approximate surface area is 180 Å². The number of benzene rings is 1. The number of esters is 1. The number of anilines is 1. The zero-order chi connectivity index (χ0) is 22.6. The molecule has 0 atom stereocenters. The summed E-state index contributed by atoms with van der Waals surface area (Å²) >= 11 is 0. The van der Waals surface area contributed by atoms with Gasteiger partial charge in [0, 0.05) is 31.7 Å². The van der Waals surface area contributed by atoms with Gasteiger partial charge in [0.25, 0.3) is 10.0 Å². The number of hydrogen-bond acceptors (Lipinski definition) is 7. The first-order chi connectivity index (χ1) is 14.8. The minimum absolute atomic E-state index is 0.130. The number of carbonyl (C=O) groups is 2. The van der Waals surface area contributed by atoms with Crippen LogP contribution in [-0.4, -0.2) is 51.3 Å². The molecule has 1 aromatic heterocycles. The van der Waals surface area contributed by atoms with Crippen molar-refractivity contribution >= 4 is 27.6 Å². The Hall–Kier alpha value is -3.16. The molecule has 0 saturated carbocycles. The molecule has 2 aromatic rings. The molecular formula is C21H23N3O6S. The predicted molar refractivity (Wildman–Crippen MR) is 111 cm³/mol. The lowest BCUT2D eigenvalue weighted by atomic mass is 9.96. The fraction of sp³-hybridized carbons (Fsp3) is 0.381. The summed E-state index contributed by atoms with van der Waals surface area (Å²) in [6.07, 6.45) is 0.706. The maximum Gasteiger partial charge on any atom is 0.374 e. The number of rotatable bonds is 6. The first kappa shape index (κ1) is 22.5. The van der Waals surface area contributed by atoms with Crippen LogP contribution in [0.4, 0.5) is 5.69 Å². The molecule has 31 heavy (non-hydrogen) atoms. The van der Waals surface area contributed by atoms with Gasteiger partial charge in [-0.05, 0) is 50.1 Å². The van der Waals surface area contributed by atoms with Gasteiger partial charge in [0.1, 0.15) is 0 Å². The Bertz CT molecular complexity index is 1110. The van der Waals surface area contributed by atoms with Crippen LogP contribution >= 0.6 is 0 Å². The van der Waals surface area contributed by atoms with Gasteiger partial charge in [0.15, 0.2) is 0 Å². The molecule has 164 valence electrons. The second-order valence-corrected chi connectivity index (χ2v) is 8.95. The van der Waals surface area contributed by atoms with Gasteiger partial charge < -0.3 is 14.1 Å². The smallest absolute Gasteiger partial charge is 0.374 e. The van der Waals surface area contributed by atoms with E-state index < -0.39 is 16.0 Å². The van der Waals surface area contributed by atoms with E-state index in [1.807, 2.05) is 6.07 Å². The van der Waals surface area contributed by atoms with Crippen LogP contribution in [0.15, 0.2) is 45.9 Å². The van der Waals surface area contributed by atoms with Crippen molar-refractivity contribution in [2.45, 2.75) is 24.9 Å². The van der Waals surface area contributed by atoms with Crippen LogP contribution in [0, 0.1) is 17.2 Å². The zero-order valence-corrected chi connectivity index (χ0v) is 18.1. The molecule has 0 aliphatic carbocycles. The standard InChI is InChI=1S/C21H23N3O6S/c1-3-29-21(26)18-7-8-19(30-18)31(27,28)24-11-9-16(10-12-24)20(25)23(2)17-6-4-5-15(13-17)14-22/h4-8,13,16H,3,9-12H2,1-2H3. The first-order valence-corrected chi connectivity index (χ1v) is 11.3. The number of carbonyl (C=O) groups excluding carboxylic acids is 2. The second-order valence-electron chi connectivity index (χ2n) is 7.08. The summed E-state index contributed by atoms with van der Waals surface area (Å²) in [4.78, 5) is 26.1. The van der Waals surface area contributed by atoms with Crippen LogP contribution in [0.3, 0.4) is 0 Å². The van der Waals surface area contributed by atoms with E-state index in [9.17, 15) is 18.0 Å². The first-order valence-electron chi connectivity index (χ1n) is 9.82. The SMILES string of the molecule is CCOC(=O)c1ccc(S(=O)(=O)N2CCC(C(=O)N(C)c3cccc(C#N)c3)CC2)o1. The Morgan fingerprint density at radius 3 is 2.61 bits per heavy atom. The quantitative estimate of drug-likeness (QED) is 0.626. The van der Waals surface area contributed by atoms with E-state index >= 15 is 0 Å². The number of nitrogens with zero attached hydrogens (tertiary/aromatic N) is 3. The lowest BCUT2D eigenvalue weighted by Gasteiger charge is -2.32. The van der Waals surface area contributed by atoms with Crippen molar-refractivity contribution in [3.05, 3.63) is 47.7 Å². The number of amides is 1. The van der Waals surface area contributed by atoms with Crippen molar-refractivity contribution in [2.24, 2.45) is 5.92 Å². The molecule has 1 aliphatic heterocycles. The average Bonchev–Trinajstić information content (AvgIpc) is 3.30. The van der Waals surface area contributed by atoms with Crippen LogP contribution in [0.25, 0.3) is 0 Å². The number of piperidine rings is 1. The fourth-order valence-corrected chi connectivity index (χ4v) is 4.81. The summed E-state index contributed by atoms with van der Waals surface area (Å²) in [6, 6.07) is 11.3. The van der Waals surface area contributed by atoms with E-state index in [2.05, 4.69) is 0 Å². The Balaban J connectivity index is 1.65. The molecule has 10 heteroatoms. The number of ether oxygens (including phenoxy) is 1. The highest BCUT2D eigenvalue weighted by Gasteiger charge is 2.35. The second kappa shape index (κ2) is 9.32. The van der Waals surface area contributed by atoms with E-state index in [1.165, 1.54) is 21.3 Å². The monoisotopic (exact) mass is 445 g/mol. The Kier molecular flexibility index (Phi) is 6.77. The van der Waals surface area contributed by atoms with Gasteiger partial charge in [-0.2, -0.15) is 9.57 Å². The molecule has 1 aliphatic rings. The number of sulfonamides is 1. The van der Waals surface area contributed by atoms with Crippen LogP contribution in [0.2, 0.25) is 0 Å². The Morgan fingerprint density at radius 2 is 1.97 bits per heavy atom. The number of hydrogen-bond donors (Lipinski definition) is 0. The Morgan fingerprint density at radius 1 is 1.26 bits per heavy atom. The summed E-state index contributed by atoms with van der Waals surface area (Å²) in [6.45, 7) is 2.10. The summed E-state index contributed by atoms with van der Waals surface area (Å²) < 4.78 is 36.9. The number of furan rings is 1. The highest BCUT2D eigenvalue weighted by Crippen LogP contribution is 2.27. The van der Waals surface area contributed by atoms with Crippen LogP contribution in [-0.2, 0) is 19.6 Å². The molecule has 0 spiro atoms.